The summed E-state index contributed by atoms with van der Waals surface area (Å²) in [5, 5.41) is 13.6. The Morgan fingerprint density at radius 3 is 2.03 bits per heavy atom. The third-order valence-electron chi connectivity index (χ3n) is 8.27. The third kappa shape index (κ3) is 3.44. The molecular formula is C33H34OS. The van der Waals surface area contributed by atoms with Crippen molar-refractivity contribution in [3.8, 4) is 28.0 Å². The zero-order chi connectivity index (χ0) is 24.6. The van der Waals surface area contributed by atoms with Crippen LogP contribution in [0.25, 0.3) is 33.0 Å². The molecule has 0 aromatic heterocycles. The van der Waals surface area contributed by atoms with Crippen molar-refractivity contribution in [1.29, 1.82) is 0 Å². The maximum absolute atomic E-state index is 11.5. The van der Waals surface area contributed by atoms with Gasteiger partial charge in [0.15, 0.2) is 0 Å². The van der Waals surface area contributed by atoms with Crippen LogP contribution in [0.4, 0.5) is 0 Å². The summed E-state index contributed by atoms with van der Waals surface area (Å²) < 4.78 is 0. The highest BCUT2D eigenvalue weighted by Crippen LogP contribution is 2.64. The van der Waals surface area contributed by atoms with Gasteiger partial charge in [-0.15, -0.1) is 11.8 Å². The van der Waals surface area contributed by atoms with Gasteiger partial charge in [-0.2, -0.15) is 0 Å². The molecule has 0 amide bonds. The average molecular weight is 479 g/mol. The molecule has 0 aliphatic heterocycles. The molecule has 4 aromatic carbocycles. The van der Waals surface area contributed by atoms with Crippen molar-refractivity contribution >= 4 is 22.5 Å². The number of hydrogen-bond acceptors (Lipinski definition) is 2. The van der Waals surface area contributed by atoms with Gasteiger partial charge in [0.05, 0.1) is 0 Å². The Morgan fingerprint density at radius 2 is 1.34 bits per heavy atom. The SMILES string of the molecule is CSc1cc2c(O)cc3c(c2cc1-c1ccccc1)-c1ccccc1C31CC(C)(C)CC(C)(C)C1. The second kappa shape index (κ2) is 7.64. The molecule has 0 heterocycles. The molecule has 0 atom stereocenters. The fourth-order valence-corrected chi connectivity index (χ4v) is 8.50. The summed E-state index contributed by atoms with van der Waals surface area (Å²) in [5.74, 6) is 0.405. The molecule has 2 aliphatic rings. The Bertz CT molecular complexity index is 1450. The maximum Gasteiger partial charge on any atom is 0.123 e. The van der Waals surface area contributed by atoms with Crippen molar-refractivity contribution in [2.24, 2.45) is 10.8 Å². The lowest BCUT2D eigenvalue weighted by molar-refractivity contribution is 0.0645. The van der Waals surface area contributed by atoms with Crippen LogP contribution in [-0.4, -0.2) is 11.4 Å². The first-order chi connectivity index (χ1) is 16.6. The summed E-state index contributed by atoms with van der Waals surface area (Å²) in [6, 6.07) is 26.3. The molecule has 35 heavy (non-hydrogen) atoms. The summed E-state index contributed by atoms with van der Waals surface area (Å²) in [6.45, 7) is 9.70. The highest BCUT2D eigenvalue weighted by atomic mass is 32.2. The molecule has 1 nitrogen and oxygen atoms in total. The number of hydrogen-bond donors (Lipinski definition) is 1. The van der Waals surface area contributed by atoms with Crippen LogP contribution in [0.2, 0.25) is 0 Å². The van der Waals surface area contributed by atoms with Crippen LogP contribution in [0.15, 0.2) is 77.7 Å². The molecule has 1 spiro atoms. The van der Waals surface area contributed by atoms with Crippen LogP contribution in [0, 0.1) is 10.8 Å². The van der Waals surface area contributed by atoms with Gasteiger partial charge in [-0.3, -0.25) is 0 Å². The average Bonchev–Trinajstić information content (AvgIpc) is 3.05. The van der Waals surface area contributed by atoms with Gasteiger partial charge in [0, 0.05) is 15.7 Å². The molecular weight excluding hydrogens is 444 g/mol. The van der Waals surface area contributed by atoms with Crippen molar-refractivity contribution in [2.75, 3.05) is 6.26 Å². The zero-order valence-corrected chi connectivity index (χ0v) is 22.2. The summed E-state index contributed by atoms with van der Waals surface area (Å²) in [7, 11) is 0. The van der Waals surface area contributed by atoms with Gasteiger partial charge < -0.3 is 5.11 Å². The Kier molecular flexibility index (Phi) is 4.96. The quantitative estimate of drug-likeness (QED) is 0.290. The topological polar surface area (TPSA) is 20.2 Å². The van der Waals surface area contributed by atoms with E-state index in [0.717, 1.165) is 18.2 Å². The van der Waals surface area contributed by atoms with E-state index in [4.69, 9.17) is 0 Å². The lowest BCUT2D eigenvalue weighted by Crippen LogP contribution is -2.43. The number of rotatable bonds is 2. The number of aromatic hydroxyl groups is 1. The van der Waals surface area contributed by atoms with Crippen LogP contribution < -0.4 is 0 Å². The van der Waals surface area contributed by atoms with E-state index in [-0.39, 0.29) is 16.2 Å². The summed E-state index contributed by atoms with van der Waals surface area (Å²) >= 11 is 1.74. The standard InChI is InChI=1S/C33H34OS/c1-31(2)18-32(3,4)20-33(19-31)26-14-10-9-13-22(26)30-25-15-23(21-11-7-6-8-12-21)29(35-5)16-24(25)28(34)17-27(30)33/h6-17,34H,18-20H2,1-5H3. The van der Waals surface area contributed by atoms with E-state index in [1.807, 2.05) is 0 Å². The number of phenolic OH excluding ortho intramolecular Hbond substituents is 1. The first-order valence-electron chi connectivity index (χ1n) is 12.7. The molecule has 2 heteroatoms. The Balaban J connectivity index is 1.72. The van der Waals surface area contributed by atoms with E-state index in [1.54, 1.807) is 11.8 Å². The Morgan fingerprint density at radius 1 is 0.686 bits per heavy atom. The van der Waals surface area contributed by atoms with E-state index >= 15 is 0 Å². The molecule has 178 valence electrons. The predicted octanol–water partition coefficient (Wildman–Crippen LogP) is 9.44. The molecule has 1 N–H and O–H groups in total. The van der Waals surface area contributed by atoms with Crippen LogP contribution in [0.5, 0.6) is 5.75 Å². The first-order valence-corrected chi connectivity index (χ1v) is 13.9. The van der Waals surface area contributed by atoms with Gasteiger partial charge >= 0.3 is 0 Å². The van der Waals surface area contributed by atoms with E-state index in [9.17, 15) is 5.11 Å². The molecule has 4 aromatic rings. The lowest BCUT2D eigenvalue weighted by Gasteiger charge is -2.51. The van der Waals surface area contributed by atoms with Gasteiger partial charge in [0.1, 0.15) is 5.75 Å². The van der Waals surface area contributed by atoms with Crippen LogP contribution in [0.3, 0.4) is 0 Å². The summed E-state index contributed by atoms with van der Waals surface area (Å²) in [5.41, 5.74) is 8.26. The minimum absolute atomic E-state index is 0.0755. The van der Waals surface area contributed by atoms with E-state index < -0.39 is 0 Å². The zero-order valence-electron chi connectivity index (χ0n) is 21.4. The van der Waals surface area contributed by atoms with E-state index in [0.29, 0.717) is 5.75 Å². The van der Waals surface area contributed by atoms with Crippen molar-refractivity contribution in [3.05, 3.63) is 83.9 Å². The summed E-state index contributed by atoms with van der Waals surface area (Å²) in [4.78, 5) is 1.19. The molecule has 0 bridgehead atoms. The largest absolute Gasteiger partial charge is 0.507 e. The second-order valence-corrected chi connectivity index (χ2v) is 13.1. The number of benzene rings is 4. The first kappa shape index (κ1) is 22.7. The molecule has 0 saturated heterocycles. The minimum atomic E-state index is -0.0755. The van der Waals surface area contributed by atoms with Gasteiger partial charge in [0.2, 0.25) is 0 Å². The predicted molar refractivity (Wildman–Crippen MR) is 150 cm³/mol. The molecule has 6 rings (SSSR count). The monoisotopic (exact) mass is 478 g/mol. The Hall–Kier alpha value is -2.71. The van der Waals surface area contributed by atoms with Crippen molar-refractivity contribution in [3.63, 3.8) is 0 Å². The molecule has 0 unspecified atom stereocenters. The van der Waals surface area contributed by atoms with Crippen molar-refractivity contribution in [1.82, 2.24) is 0 Å². The van der Waals surface area contributed by atoms with Gasteiger partial charge in [-0.25, -0.2) is 0 Å². The minimum Gasteiger partial charge on any atom is -0.507 e. The van der Waals surface area contributed by atoms with Crippen LogP contribution in [-0.2, 0) is 5.41 Å². The smallest absolute Gasteiger partial charge is 0.123 e. The van der Waals surface area contributed by atoms with Crippen molar-refractivity contribution in [2.45, 2.75) is 57.3 Å². The summed E-state index contributed by atoms with van der Waals surface area (Å²) in [6.07, 6.45) is 5.54. The third-order valence-corrected chi connectivity index (χ3v) is 9.04. The highest BCUT2D eigenvalue weighted by Gasteiger charge is 2.53. The van der Waals surface area contributed by atoms with Crippen LogP contribution in [0.1, 0.15) is 58.1 Å². The van der Waals surface area contributed by atoms with Gasteiger partial charge in [-0.05, 0) is 93.3 Å². The molecule has 0 radical (unpaired) electrons. The molecule has 2 aliphatic carbocycles. The lowest BCUT2D eigenvalue weighted by atomic mass is 9.52. The molecule has 1 saturated carbocycles. The van der Waals surface area contributed by atoms with Gasteiger partial charge in [-0.1, -0.05) is 82.3 Å². The van der Waals surface area contributed by atoms with E-state index in [1.165, 1.54) is 50.1 Å². The van der Waals surface area contributed by atoms with Gasteiger partial charge in [0.25, 0.3) is 0 Å². The normalized spacial score (nSPS) is 19.0. The molecule has 1 fully saturated rings. The van der Waals surface area contributed by atoms with Crippen LogP contribution >= 0.6 is 11.8 Å². The Labute approximate surface area is 213 Å². The number of phenols is 1. The van der Waals surface area contributed by atoms with E-state index in [2.05, 4.69) is 107 Å². The fraction of sp³-hybridized carbons (Fsp3) is 0.333. The number of thioether (sulfide) groups is 1. The highest BCUT2D eigenvalue weighted by molar-refractivity contribution is 7.98. The number of fused-ring (bicyclic) bond motifs is 7. The maximum atomic E-state index is 11.5. The second-order valence-electron chi connectivity index (χ2n) is 12.3. The van der Waals surface area contributed by atoms with Crippen molar-refractivity contribution < 1.29 is 5.11 Å². The fourth-order valence-electron chi connectivity index (χ4n) is 7.87.